The van der Waals surface area contributed by atoms with E-state index in [-0.39, 0.29) is 11.9 Å². The number of hydrogen-bond acceptors (Lipinski definition) is 3. The van der Waals surface area contributed by atoms with Gasteiger partial charge in [-0.25, -0.2) is 0 Å². The molecule has 1 heterocycles. The predicted molar refractivity (Wildman–Crippen MR) is 80.7 cm³/mol. The van der Waals surface area contributed by atoms with E-state index in [9.17, 15) is 4.79 Å². The zero-order chi connectivity index (χ0) is 14.5. The minimum atomic E-state index is 0.00483. The van der Waals surface area contributed by atoms with Crippen LogP contribution in [0.4, 0.5) is 5.69 Å². The van der Waals surface area contributed by atoms with E-state index in [1.807, 2.05) is 36.4 Å². The van der Waals surface area contributed by atoms with Crippen molar-refractivity contribution in [3.05, 3.63) is 59.9 Å². The molecule has 0 bridgehead atoms. The third-order valence-electron chi connectivity index (χ3n) is 3.10. The van der Waals surface area contributed by atoms with Gasteiger partial charge >= 0.3 is 0 Å². The lowest BCUT2D eigenvalue weighted by Crippen LogP contribution is -2.21. The highest BCUT2D eigenvalue weighted by molar-refractivity contribution is 5.94. The van der Waals surface area contributed by atoms with Gasteiger partial charge in [0.1, 0.15) is 0 Å². The molecule has 1 amide bonds. The molecule has 0 spiro atoms. The smallest absolute Gasteiger partial charge is 0.253 e. The number of carbonyl (C=O) groups is 1. The second-order valence-corrected chi connectivity index (χ2v) is 4.93. The number of nitrogens with one attached hydrogen (secondary N) is 1. The molecule has 0 aliphatic rings. The van der Waals surface area contributed by atoms with Crippen molar-refractivity contribution in [3.8, 4) is 0 Å². The summed E-state index contributed by atoms with van der Waals surface area (Å²) in [7, 11) is 3.50. The van der Waals surface area contributed by atoms with Gasteiger partial charge in [0.15, 0.2) is 0 Å². The van der Waals surface area contributed by atoms with E-state index in [2.05, 4.69) is 17.2 Å². The van der Waals surface area contributed by atoms with Crippen LogP contribution in [0.25, 0.3) is 0 Å². The Morgan fingerprint density at radius 2 is 1.90 bits per heavy atom. The Kier molecular flexibility index (Phi) is 4.35. The maximum atomic E-state index is 11.9. The quantitative estimate of drug-likeness (QED) is 0.928. The zero-order valence-electron chi connectivity index (χ0n) is 12.0. The molecule has 1 unspecified atom stereocenters. The molecule has 4 heteroatoms. The van der Waals surface area contributed by atoms with Crippen LogP contribution in [0.5, 0.6) is 0 Å². The molecule has 1 aromatic carbocycles. The third-order valence-corrected chi connectivity index (χ3v) is 3.10. The largest absolute Gasteiger partial charge is 0.378 e. The van der Waals surface area contributed by atoms with E-state index in [1.54, 1.807) is 31.4 Å². The molecule has 1 atom stereocenters. The molecule has 2 aromatic rings. The Morgan fingerprint density at radius 3 is 2.55 bits per heavy atom. The van der Waals surface area contributed by atoms with Gasteiger partial charge in [-0.3, -0.25) is 9.78 Å². The topological polar surface area (TPSA) is 45.2 Å². The zero-order valence-corrected chi connectivity index (χ0v) is 12.0. The second kappa shape index (κ2) is 6.19. The highest BCUT2D eigenvalue weighted by atomic mass is 16.2. The van der Waals surface area contributed by atoms with Gasteiger partial charge in [-0.15, -0.1) is 0 Å². The van der Waals surface area contributed by atoms with Gasteiger partial charge in [-0.05, 0) is 42.8 Å². The molecular weight excluding hydrogens is 250 g/mol. The number of nitrogens with zero attached hydrogens (tertiary/aromatic N) is 2. The number of benzene rings is 1. The number of amides is 1. The van der Waals surface area contributed by atoms with Gasteiger partial charge in [0.2, 0.25) is 0 Å². The van der Waals surface area contributed by atoms with E-state index < -0.39 is 0 Å². The van der Waals surface area contributed by atoms with E-state index in [4.69, 9.17) is 0 Å². The number of rotatable bonds is 4. The molecule has 0 fully saturated rings. The number of aromatic nitrogens is 1. The van der Waals surface area contributed by atoms with Crippen molar-refractivity contribution >= 4 is 11.6 Å². The Labute approximate surface area is 119 Å². The van der Waals surface area contributed by atoms with E-state index in [0.717, 1.165) is 11.3 Å². The SMILES string of the molecule is CC(Nc1cccc(C(=O)N(C)C)c1)c1ccncc1. The van der Waals surface area contributed by atoms with Crippen molar-refractivity contribution in [1.82, 2.24) is 9.88 Å². The monoisotopic (exact) mass is 269 g/mol. The first kappa shape index (κ1) is 14.1. The summed E-state index contributed by atoms with van der Waals surface area (Å²) < 4.78 is 0. The summed E-state index contributed by atoms with van der Waals surface area (Å²) in [5.41, 5.74) is 2.77. The first-order valence-electron chi connectivity index (χ1n) is 6.56. The van der Waals surface area contributed by atoms with Gasteiger partial charge in [-0.2, -0.15) is 0 Å². The molecule has 2 rings (SSSR count). The third kappa shape index (κ3) is 3.35. The van der Waals surface area contributed by atoms with Crippen LogP contribution in [0.1, 0.15) is 28.9 Å². The molecule has 1 aromatic heterocycles. The van der Waals surface area contributed by atoms with Crippen molar-refractivity contribution in [3.63, 3.8) is 0 Å². The van der Waals surface area contributed by atoms with Crippen molar-refractivity contribution < 1.29 is 4.79 Å². The highest BCUT2D eigenvalue weighted by Crippen LogP contribution is 2.19. The molecule has 104 valence electrons. The maximum Gasteiger partial charge on any atom is 0.253 e. The van der Waals surface area contributed by atoms with Crippen molar-refractivity contribution in [2.45, 2.75) is 13.0 Å². The van der Waals surface area contributed by atoms with Crippen LogP contribution in [0.3, 0.4) is 0 Å². The lowest BCUT2D eigenvalue weighted by Gasteiger charge is -2.17. The van der Waals surface area contributed by atoms with Crippen LogP contribution >= 0.6 is 0 Å². The minimum absolute atomic E-state index is 0.00483. The molecule has 4 nitrogen and oxygen atoms in total. The second-order valence-electron chi connectivity index (χ2n) is 4.93. The molecular formula is C16H19N3O. The summed E-state index contributed by atoms with van der Waals surface area (Å²) in [5.74, 6) is 0.00483. The number of pyridine rings is 1. The summed E-state index contributed by atoms with van der Waals surface area (Å²) in [6, 6.07) is 11.7. The fraction of sp³-hybridized carbons (Fsp3) is 0.250. The van der Waals surface area contributed by atoms with E-state index >= 15 is 0 Å². The van der Waals surface area contributed by atoms with E-state index in [0.29, 0.717) is 5.56 Å². The van der Waals surface area contributed by atoms with E-state index in [1.165, 1.54) is 0 Å². The average Bonchev–Trinajstić information content (AvgIpc) is 2.47. The summed E-state index contributed by atoms with van der Waals surface area (Å²) in [6.45, 7) is 2.08. The van der Waals surface area contributed by atoms with Crippen LogP contribution in [0.2, 0.25) is 0 Å². The van der Waals surface area contributed by atoms with Crippen LogP contribution in [0.15, 0.2) is 48.8 Å². The van der Waals surface area contributed by atoms with Gasteiger partial charge in [0.25, 0.3) is 5.91 Å². The Morgan fingerprint density at radius 1 is 1.20 bits per heavy atom. The van der Waals surface area contributed by atoms with Crippen LogP contribution in [0, 0.1) is 0 Å². The lowest BCUT2D eigenvalue weighted by atomic mass is 10.1. The first-order chi connectivity index (χ1) is 9.58. The van der Waals surface area contributed by atoms with Crippen LogP contribution < -0.4 is 5.32 Å². The minimum Gasteiger partial charge on any atom is -0.378 e. The summed E-state index contributed by atoms with van der Waals surface area (Å²) in [4.78, 5) is 17.5. The molecule has 0 saturated carbocycles. The molecule has 20 heavy (non-hydrogen) atoms. The van der Waals surface area contributed by atoms with Gasteiger partial charge in [0, 0.05) is 43.8 Å². The number of carbonyl (C=O) groups excluding carboxylic acids is 1. The van der Waals surface area contributed by atoms with Gasteiger partial charge in [-0.1, -0.05) is 6.07 Å². The van der Waals surface area contributed by atoms with Crippen molar-refractivity contribution in [2.24, 2.45) is 0 Å². The number of hydrogen-bond donors (Lipinski definition) is 1. The van der Waals surface area contributed by atoms with Crippen molar-refractivity contribution in [2.75, 3.05) is 19.4 Å². The predicted octanol–water partition coefficient (Wildman–Crippen LogP) is 2.96. The number of anilines is 1. The Balaban J connectivity index is 2.14. The first-order valence-corrected chi connectivity index (χ1v) is 6.56. The maximum absolute atomic E-state index is 11.9. The van der Waals surface area contributed by atoms with Gasteiger partial charge < -0.3 is 10.2 Å². The molecule has 0 radical (unpaired) electrons. The lowest BCUT2D eigenvalue weighted by molar-refractivity contribution is 0.0827. The summed E-state index contributed by atoms with van der Waals surface area (Å²) in [6.07, 6.45) is 3.55. The highest BCUT2D eigenvalue weighted by Gasteiger charge is 2.09. The molecule has 0 aliphatic heterocycles. The van der Waals surface area contributed by atoms with Gasteiger partial charge in [0.05, 0.1) is 0 Å². The van der Waals surface area contributed by atoms with Crippen LogP contribution in [-0.2, 0) is 0 Å². The average molecular weight is 269 g/mol. The fourth-order valence-electron chi connectivity index (χ4n) is 1.99. The summed E-state index contributed by atoms with van der Waals surface area (Å²) >= 11 is 0. The summed E-state index contributed by atoms with van der Waals surface area (Å²) in [5, 5.41) is 3.39. The fourth-order valence-corrected chi connectivity index (χ4v) is 1.99. The molecule has 0 saturated heterocycles. The Hall–Kier alpha value is -2.36. The molecule has 1 N–H and O–H groups in total. The normalized spacial score (nSPS) is 11.8. The standard InChI is InChI=1S/C16H19N3O/c1-12(13-7-9-17-10-8-13)18-15-6-4-5-14(11-15)16(20)19(2)3/h4-12,18H,1-3H3. The van der Waals surface area contributed by atoms with Crippen LogP contribution in [-0.4, -0.2) is 29.9 Å². The van der Waals surface area contributed by atoms with Crippen molar-refractivity contribution in [1.29, 1.82) is 0 Å². The Bertz CT molecular complexity index is 581. The molecule has 0 aliphatic carbocycles.